The monoisotopic (exact) mass is 342 g/mol. The Balaban J connectivity index is 0.000000199. The van der Waals surface area contributed by atoms with Gasteiger partial charge in [-0.2, -0.15) is 0 Å². The van der Waals surface area contributed by atoms with Crippen LogP contribution in [0.3, 0.4) is 0 Å². The van der Waals surface area contributed by atoms with Gasteiger partial charge < -0.3 is 0 Å². The molecule has 96 valence electrons. The molecule has 0 aliphatic heterocycles. The molecular weight excluding hydrogens is 326 g/mol. The maximum absolute atomic E-state index is 5.83. The van der Waals surface area contributed by atoms with Crippen molar-refractivity contribution in [3.63, 3.8) is 0 Å². The predicted octanol–water partition coefficient (Wildman–Crippen LogP) is 4.06. The zero-order valence-electron chi connectivity index (χ0n) is 10.5. The predicted molar refractivity (Wildman–Crippen MR) is 85.2 cm³/mol. The maximum atomic E-state index is 5.83. The van der Waals surface area contributed by atoms with Gasteiger partial charge in [0.2, 0.25) is 0 Å². The van der Waals surface area contributed by atoms with Gasteiger partial charge in [-0.3, -0.25) is 0 Å². The van der Waals surface area contributed by atoms with Crippen molar-refractivity contribution in [3.05, 3.63) is 64.1 Å². The molecule has 0 nitrogen and oxygen atoms in total. The summed E-state index contributed by atoms with van der Waals surface area (Å²) in [6.07, 6.45) is 0. The fourth-order valence-corrected chi connectivity index (χ4v) is 2.10. The standard InChI is InChI=1S/C9H10Cl2.C6H7As/c1-6(2)7-3-4-8(10)9(11)5-7;7-6-4-2-1-3-5-6/h3-6H,1-2H3;1-5H,7H2. The Labute approximate surface area is 128 Å². The Morgan fingerprint density at radius 2 is 1.50 bits per heavy atom. The van der Waals surface area contributed by atoms with Gasteiger partial charge in [0.05, 0.1) is 10.0 Å². The van der Waals surface area contributed by atoms with Crippen molar-refractivity contribution in [1.29, 1.82) is 0 Å². The minimum absolute atomic E-state index is 0.504. The van der Waals surface area contributed by atoms with E-state index in [1.807, 2.05) is 24.3 Å². The van der Waals surface area contributed by atoms with Crippen molar-refractivity contribution < 1.29 is 0 Å². The molecule has 0 N–H and O–H groups in total. The molecule has 0 radical (unpaired) electrons. The number of benzene rings is 2. The summed E-state index contributed by atoms with van der Waals surface area (Å²) in [6, 6.07) is 16.1. The van der Waals surface area contributed by atoms with Crippen LogP contribution < -0.4 is 4.35 Å². The fraction of sp³-hybridized carbons (Fsp3) is 0.200. The summed E-state index contributed by atoms with van der Waals surface area (Å²) < 4.78 is 1.38. The van der Waals surface area contributed by atoms with Crippen LogP contribution in [-0.4, -0.2) is 16.9 Å². The number of hydrogen-bond donors (Lipinski definition) is 0. The van der Waals surface area contributed by atoms with Gasteiger partial charge in [-0.05, 0) is 23.6 Å². The molecule has 0 bridgehead atoms. The zero-order chi connectivity index (χ0) is 13.5. The molecule has 1 unspecified atom stereocenters. The molecule has 0 spiro atoms. The van der Waals surface area contributed by atoms with E-state index in [4.69, 9.17) is 23.2 Å². The van der Waals surface area contributed by atoms with Crippen LogP contribution in [0.15, 0.2) is 48.5 Å². The van der Waals surface area contributed by atoms with Crippen LogP contribution in [0, 0.1) is 0 Å². The minimum atomic E-state index is 0.504. The second-order valence-corrected chi connectivity index (χ2v) is 6.45. The van der Waals surface area contributed by atoms with E-state index in [-0.39, 0.29) is 0 Å². The second kappa shape index (κ2) is 7.89. The molecule has 0 heterocycles. The quantitative estimate of drug-likeness (QED) is 0.685. The van der Waals surface area contributed by atoms with Crippen molar-refractivity contribution in [2.75, 3.05) is 0 Å². The summed E-state index contributed by atoms with van der Waals surface area (Å²) in [5.41, 5.74) is 1.22. The van der Waals surface area contributed by atoms with Crippen LogP contribution in [0.25, 0.3) is 0 Å². The van der Waals surface area contributed by atoms with Crippen LogP contribution in [0.4, 0.5) is 0 Å². The van der Waals surface area contributed by atoms with Gasteiger partial charge in [-0.1, -0.05) is 43.1 Å². The van der Waals surface area contributed by atoms with E-state index in [1.54, 1.807) is 16.9 Å². The van der Waals surface area contributed by atoms with E-state index in [9.17, 15) is 0 Å². The molecule has 18 heavy (non-hydrogen) atoms. The molecule has 0 saturated heterocycles. The summed E-state index contributed by atoms with van der Waals surface area (Å²) in [5.74, 6) is 0.504. The fourth-order valence-electron chi connectivity index (χ4n) is 1.32. The Morgan fingerprint density at radius 1 is 0.889 bits per heavy atom. The molecule has 2 aromatic carbocycles. The first kappa shape index (κ1) is 15.6. The van der Waals surface area contributed by atoms with Crippen LogP contribution in [0.5, 0.6) is 0 Å². The van der Waals surface area contributed by atoms with Crippen LogP contribution in [0.2, 0.25) is 10.0 Å². The first-order chi connectivity index (χ1) is 8.50. The number of hydrogen-bond acceptors (Lipinski definition) is 0. The molecule has 0 aromatic heterocycles. The summed E-state index contributed by atoms with van der Waals surface area (Å²) in [6.45, 7) is 4.25. The van der Waals surface area contributed by atoms with E-state index in [0.29, 0.717) is 16.0 Å². The van der Waals surface area contributed by atoms with E-state index < -0.39 is 0 Å². The molecule has 2 rings (SSSR count). The number of halogens is 2. The SMILES string of the molecule is CC(C)c1ccc(Cl)c(Cl)c1.[AsH2]c1ccccc1. The molecule has 3 heteroatoms. The van der Waals surface area contributed by atoms with Crippen molar-refractivity contribution in [2.45, 2.75) is 19.8 Å². The normalized spacial score (nSPS) is 9.89. The van der Waals surface area contributed by atoms with Gasteiger partial charge in [0.15, 0.2) is 0 Å². The van der Waals surface area contributed by atoms with Gasteiger partial charge in [-0.15, -0.1) is 0 Å². The topological polar surface area (TPSA) is 0 Å². The molecule has 0 aliphatic rings. The molecule has 0 amide bonds. The second-order valence-electron chi connectivity index (χ2n) is 4.24. The van der Waals surface area contributed by atoms with Gasteiger partial charge in [0.25, 0.3) is 0 Å². The average molecular weight is 343 g/mol. The number of rotatable bonds is 1. The van der Waals surface area contributed by atoms with E-state index in [0.717, 1.165) is 0 Å². The van der Waals surface area contributed by atoms with Crippen molar-refractivity contribution in [3.8, 4) is 0 Å². The molecule has 0 aliphatic carbocycles. The van der Waals surface area contributed by atoms with Crippen molar-refractivity contribution in [2.24, 2.45) is 0 Å². The first-order valence-corrected chi connectivity index (χ1v) is 7.73. The summed E-state index contributed by atoms with van der Waals surface area (Å²) in [5, 5.41) is 1.26. The Hall–Kier alpha value is -0.422. The third kappa shape index (κ3) is 5.48. The Morgan fingerprint density at radius 3 is 1.89 bits per heavy atom. The van der Waals surface area contributed by atoms with E-state index >= 15 is 0 Å². The molecular formula is C15H17AsCl2. The van der Waals surface area contributed by atoms with E-state index in [2.05, 4.69) is 38.1 Å². The first-order valence-electron chi connectivity index (χ1n) is 5.76. The molecule has 0 fully saturated rings. The van der Waals surface area contributed by atoms with Crippen LogP contribution in [-0.2, 0) is 0 Å². The van der Waals surface area contributed by atoms with E-state index in [1.165, 1.54) is 9.91 Å². The van der Waals surface area contributed by atoms with Gasteiger partial charge in [-0.25, -0.2) is 0 Å². The molecule has 0 saturated carbocycles. The van der Waals surface area contributed by atoms with Crippen molar-refractivity contribution >= 4 is 44.4 Å². The van der Waals surface area contributed by atoms with Crippen molar-refractivity contribution in [1.82, 2.24) is 0 Å². The Bertz CT molecular complexity index is 481. The van der Waals surface area contributed by atoms with Gasteiger partial charge in [0, 0.05) is 0 Å². The average Bonchev–Trinajstić information content (AvgIpc) is 2.34. The summed E-state index contributed by atoms with van der Waals surface area (Å²) >= 11 is 13.3. The van der Waals surface area contributed by atoms with Crippen LogP contribution in [0.1, 0.15) is 25.3 Å². The van der Waals surface area contributed by atoms with Gasteiger partial charge in [0.1, 0.15) is 0 Å². The third-order valence-electron chi connectivity index (χ3n) is 2.41. The molecule has 2 aromatic rings. The summed E-state index contributed by atoms with van der Waals surface area (Å²) in [4.78, 5) is 0. The van der Waals surface area contributed by atoms with Crippen LogP contribution >= 0.6 is 23.2 Å². The molecule has 1 atom stereocenters. The third-order valence-corrected chi connectivity index (χ3v) is 3.96. The zero-order valence-corrected chi connectivity index (χ0v) is 14.5. The Kier molecular flexibility index (Phi) is 6.86. The summed E-state index contributed by atoms with van der Waals surface area (Å²) in [7, 11) is 0. The van der Waals surface area contributed by atoms with Gasteiger partial charge >= 0.3 is 51.5 Å².